The maximum atomic E-state index is 12.6. The van der Waals surface area contributed by atoms with Crippen LogP contribution in [0.25, 0.3) is 11.3 Å². The summed E-state index contributed by atoms with van der Waals surface area (Å²) in [4.78, 5) is 14.4. The molecule has 15 heavy (non-hydrogen) atoms. The quantitative estimate of drug-likeness (QED) is 0.766. The largest absolute Gasteiger partial charge is 0.425 e. The van der Waals surface area contributed by atoms with Crippen LogP contribution in [0.3, 0.4) is 0 Å². The first-order valence-electron chi connectivity index (χ1n) is 4.19. The highest BCUT2D eigenvalue weighted by Crippen LogP contribution is 2.18. The molecule has 0 amide bonds. The van der Waals surface area contributed by atoms with Crippen molar-refractivity contribution in [3.8, 4) is 11.3 Å². The molecule has 76 valence electrons. The van der Waals surface area contributed by atoms with Crippen molar-refractivity contribution in [1.82, 2.24) is 4.98 Å². The maximum Gasteiger partial charge on any atom is 0.295 e. The molecule has 2 N–H and O–H groups in total. The molecular formula is C10H7FN2O2. The molecule has 0 unspecified atom stereocenters. The SMILES string of the molecule is Nc1nc(=O)cc(-c2ccc(F)cc2)o1. The average molecular weight is 206 g/mol. The molecule has 0 bridgehead atoms. The molecule has 2 aromatic rings. The first-order chi connectivity index (χ1) is 7.15. The third-order valence-electron chi connectivity index (χ3n) is 1.82. The molecule has 1 aromatic carbocycles. The first-order valence-corrected chi connectivity index (χ1v) is 4.19. The van der Waals surface area contributed by atoms with Crippen LogP contribution in [0.1, 0.15) is 0 Å². The van der Waals surface area contributed by atoms with Gasteiger partial charge < -0.3 is 10.2 Å². The van der Waals surface area contributed by atoms with Crippen LogP contribution in [0, 0.1) is 5.82 Å². The van der Waals surface area contributed by atoms with E-state index in [1.54, 1.807) is 0 Å². The minimum absolute atomic E-state index is 0.207. The standard InChI is InChI=1S/C10H7FN2O2/c11-7-3-1-6(2-4-7)8-5-9(14)13-10(12)15-8/h1-5H,(H2,12,13,14). The fraction of sp³-hybridized carbons (Fsp3) is 0. The molecule has 0 aliphatic carbocycles. The van der Waals surface area contributed by atoms with Gasteiger partial charge in [-0.15, -0.1) is 0 Å². The highest BCUT2D eigenvalue weighted by atomic mass is 19.1. The molecule has 0 spiro atoms. The van der Waals surface area contributed by atoms with Crippen LogP contribution in [0.5, 0.6) is 0 Å². The molecule has 1 heterocycles. The summed E-state index contributed by atoms with van der Waals surface area (Å²) in [5.74, 6) is -0.0874. The number of benzene rings is 1. The van der Waals surface area contributed by atoms with Gasteiger partial charge >= 0.3 is 0 Å². The van der Waals surface area contributed by atoms with Gasteiger partial charge in [0.15, 0.2) is 0 Å². The third kappa shape index (κ3) is 2.01. The van der Waals surface area contributed by atoms with E-state index in [2.05, 4.69) is 4.98 Å². The van der Waals surface area contributed by atoms with Crippen molar-refractivity contribution in [2.75, 3.05) is 5.73 Å². The lowest BCUT2D eigenvalue weighted by molar-refractivity contribution is 0.563. The number of halogens is 1. The van der Waals surface area contributed by atoms with E-state index in [0.717, 1.165) is 0 Å². The summed E-state index contributed by atoms with van der Waals surface area (Å²) in [6, 6.07) is 6.52. The van der Waals surface area contributed by atoms with E-state index in [9.17, 15) is 9.18 Å². The van der Waals surface area contributed by atoms with Crippen LogP contribution in [-0.4, -0.2) is 4.98 Å². The van der Waals surface area contributed by atoms with Gasteiger partial charge in [0.25, 0.3) is 11.6 Å². The zero-order valence-corrected chi connectivity index (χ0v) is 7.61. The van der Waals surface area contributed by atoms with E-state index in [0.29, 0.717) is 5.56 Å². The minimum atomic E-state index is -0.488. The number of rotatable bonds is 1. The lowest BCUT2D eigenvalue weighted by atomic mass is 10.2. The van der Waals surface area contributed by atoms with E-state index < -0.39 is 5.56 Å². The summed E-state index contributed by atoms with van der Waals surface area (Å²) < 4.78 is 17.7. The lowest BCUT2D eigenvalue weighted by Crippen LogP contribution is -2.07. The second kappa shape index (κ2) is 3.53. The Kier molecular flexibility index (Phi) is 2.21. The average Bonchev–Trinajstić information content (AvgIpc) is 2.17. The zero-order chi connectivity index (χ0) is 10.8. The summed E-state index contributed by atoms with van der Waals surface area (Å²) in [6.07, 6.45) is 0. The predicted octanol–water partition coefficient (Wildman–Crippen LogP) is 1.42. The Morgan fingerprint density at radius 3 is 2.53 bits per heavy atom. The summed E-state index contributed by atoms with van der Waals surface area (Å²) in [5, 5.41) is 0. The second-order valence-electron chi connectivity index (χ2n) is 2.91. The number of aromatic nitrogens is 1. The van der Waals surface area contributed by atoms with Gasteiger partial charge in [-0.1, -0.05) is 0 Å². The highest BCUT2D eigenvalue weighted by Gasteiger charge is 2.03. The van der Waals surface area contributed by atoms with Crippen LogP contribution in [0.4, 0.5) is 10.4 Å². The van der Waals surface area contributed by atoms with Crippen molar-refractivity contribution in [2.24, 2.45) is 0 Å². The Bertz CT molecular complexity index is 534. The normalized spacial score (nSPS) is 10.2. The van der Waals surface area contributed by atoms with Crippen molar-refractivity contribution < 1.29 is 8.81 Å². The number of hydrogen-bond donors (Lipinski definition) is 1. The van der Waals surface area contributed by atoms with Gasteiger partial charge in [-0.3, -0.25) is 4.79 Å². The van der Waals surface area contributed by atoms with Crippen LogP contribution in [0.2, 0.25) is 0 Å². The molecule has 0 saturated carbocycles. The molecule has 0 radical (unpaired) electrons. The van der Waals surface area contributed by atoms with E-state index in [1.165, 1.54) is 30.3 Å². The lowest BCUT2D eigenvalue weighted by Gasteiger charge is -1.99. The second-order valence-corrected chi connectivity index (χ2v) is 2.91. The predicted molar refractivity (Wildman–Crippen MR) is 52.6 cm³/mol. The van der Waals surface area contributed by atoms with E-state index in [-0.39, 0.29) is 17.6 Å². The molecule has 0 atom stereocenters. The fourth-order valence-corrected chi connectivity index (χ4v) is 1.17. The topological polar surface area (TPSA) is 69.1 Å². The third-order valence-corrected chi connectivity index (χ3v) is 1.82. The van der Waals surface area contributed by atoms with Gasteiger partial charge in [-0.25, -0.2) is 4.39 Å². The molecule has 5 heteroatoms. The van der Waals surface area contributed by atoms with Gasteiger partial charge in [0, 0.05) is 11.6 Å². The Balaban J connectivity index is 2.54. The van der Waals surface area contributed by atoms with Gasteiger partial charge in [-0.2, -0.15) is 4.98 Å². The molecule has 4 nitrogen and oxygen atoms in total. The molecular weight excluding hydrogens is 199 g/mol. The summed E-state index contributed by atoms with van der Waals surface area (Å²) in [6.45, 7) is 0. The molecule has 0 fully saturated rings. The van der Waals surface area contributed by atoms with Crippen LogP contribution < -0.4 is 11.3 Å². The smallest absolute Gasteiger partial charge is 0.295 e. The first kappa shape index (κ1) is 9.39. The van der Waals surface area contributed by atoms with Gasteiger partial charge in [0.1, 0.15) is 11.6 Å². The molecule has 2 rings (SSSR count). The van der Waals surface area contributed by atoms with Crippen molar-refractivity contribution in [1.29, 1.82) is 0 Å². The van der Waals surface area contributed by atoms with Gasteiger partial charge in [0.2, 0.25) is 0 Å². The van der Waals surface area contributed by atoms with Crippen molar-refractivity contribution in [3.63, 3.8) is 0 Å². The Hall–Kier alpha value is -2.17. The van der Waals surface area contributed by atoms with Crippen molar-refractivity contribution in [3.05, 3.63) is 46.5 Å². The van der Waals surface area contributed by atoms with Gasteiger partial charge in [0.05, 0.1) is 0 Å². The Morgan fingerprint density at radius 2 is 1.93 bits per heavy atom. The van der Waals surface area contributed by atoms with E-state index in [1.807, 2.05) is 0 Å². The zero-order valence-electron chi connectivity index (χ0n) is 7.61. The number of nitrogens with zero attached hydrogens (tertiary/aromatic N) is 1. The summed E-state index contributed by atoms with van der Waals surface area (Å²) >= 11 is 0. The summed E-state index contributed by atoms with van der Waals surface area (Å²) in [5.41, 5.74) is 5.36. The van der Waals surface area contributed by atoms with Crippen LogP contribution >= 0.6 is 0 Å². The maximum absolute atomic E-state index is 12.6. The van der Waals surface area contributed by atoms with Gasteiger partial charge in [-0.05, 0) is 24.3 Å². The number of hydrogen-bond acceptors (Lipinski definition) is 4. The Labute approximate surface area is 84.2 Å². The number of nitrogen functional groups attached to an aromatic ring is 1. The molecule has 0 aliphatic rings. The monoisotopic (exact) mass is 206 g/mol. The fourth-order valence-electron chi connectivity index (χ4n) is 1.17. The van der Waals surface area contributed by atoms with Crippen molar-refractivity contribution in [2.45, 2.75) is 0 Å². The van der Waals surface area contributed by atoms with E-state index >= 15 is 0 Å². The Morgan fingerprint density at radius 1 is 1.27 bits per heavy atom. The van der Waals surface area contributed by atoms with Crippen LogP contribution in [0.15, 0.2) is 39.5 Å². The molecule has 1 aromatic heterocycles. The summed E-state index contributed by atoms with van der Waals surface area (Å²) in [7, 11) is 0. The highest BCUT2D eigenvalue weighted by molar-refractivity contribution is 5.56. The molecule has 0 saturated heterocycles. The van der Waals surface area contributed by atoms with Crippen molar-refractivity contribution >= 4 is 6.01 Å². The number of nitrogens with two attached hydrogens (primary N) is 1. The van der Waals surface area contributed by atoms with E-state index in [4.69, 9.17) is 10.2 Å². The molecule has 0 aliphatic heterocycles. The van der Waals surface area contributed by atoms with Crippen LogP contribution in [-0.2, 0) is 0 Å². The number of anilines is 1. The minimum Gasteiger partial charge on any atom is -0.425 e.